The molecule has 2 aromatic carbocycles. The average Bonchev–Trinajstić information content (AvgIpc) is 3.16. The first-order valence-electron chi connectivity index (χ1n) is 8.68. The quantitative estimate of drug-likeness (QED) is 0.621. The summed E-state index contributed by atoms with van der Waals surface area (Å²) in [6, 6.07) is 13.2. The largest absolute Gasteiger partial charge is 0.484 e. The number of benzene rings is 2. The number of hydrazone groups is 1. The van der Waals surface area contributed by atoms with E-state index in [2.05, 4.69) is 27.6 Å². The maximum Gasteiger partial charge on any atom is 0.277 e. The second-order valence-corrected chi connectivity index (χ2v) is 6.71. The van der Waals surface area contributed by atoms with Gasteiger partial charge in [-0.05, 0) is 61.2 Å². The predicted molar refractivity (Wildman–Crippen MR) is 105 cm³/mol. The Labute approximate surface area is 158 Å². The van der Waals surface area contributed by atoms with Crippen LogP contribution in [0.1, 0.15) is 24.0 Å². The van der Waals surface area contributed by atoms with Gasteiger partial charge in [-0.3, -0.25) is 4.79 Å². The van der Waals surface area contributed by atoms with Crippen LogP contribution in [0.2, 0.25) is 5.02 Å². The zero-order valence-electron chi connectivity index (χ0n) is 14.7. The van der Waals surface area contributed by atoms with Crippen LogP contribution in [-0.4, -0.2) is 31.8 Å². The number of anilines is 1. The highest BCUT2D eigenvalue weighted by Crippen LogP contribution is 2.22. The Kier molecular flexibility index (Phi) is 6.12. The lowest BCUT2D eigenvalue weighted by molar-refractivity contribution is -0.123. The molecule has 0 unspecified atom stereocenters. The van der Waals surface area contributed by atoms with Gasteiger partial charge in [-0.15, -0.1) is 0 Å². The van der Waals surface area contributed by atoms with Gasteiger partial charge < -0.3 is 9.64 Å². The van der Waals surface area contributed by atoms with Crippen LogP contribution in [0.15, 0.2) is 47.6 Å². The van der Waals surface area contributed by atoms with E-state index in [0.29, 0.717) is 10.8 Å². The van der Waals surface area contributed by atoms with Gasteiger partial charge in [-0.2, -0.15) is 5.10 Å². The van der Waals surface area contributed by atoms with Crippen molar-refractivity contribution in [2.24, 2.45) is 5.10 Å². The fraction of sp³-hybridized carbons (Fsp3) is 0.300. The molecular formula is C20H22ClN3O2. The minimum absolute atomic E-state index is 0.120. The summed E-state index contributed by atoms with van der Waals surface area (Å²) in [7, 11) is 0. The molecule has 6 heteroatoms. The van der Waals surface area contributed by atoms with Gasteiger partial charge in [0, 0.05) is 23.8 Å². The molecule has 0 spiro atoms. The minimum Gasteiger partial charge on any atom is -0.484 e. The Hall–Kier alpha value is -2.53. The molecule has 26 heavy (non-hydrogen) atoms. The van der Waals surface area contributed by atoms with E-state index >= 15 is 0 Å². The number of carbonyl (C=O) groups excluding carboxylic acids is 1. The third-order valence-corrected chi connectivity index (χ3v) is 4.52. The second kappa shape index (κ2) is 8.72. The summed E-state index contributed by atoms with van der Waals surface area (Å²) in [5.41, 5.74) is 5.82. The lowest BCUT2D eigenvalue weighted by atomic mass is 10.1. The molecule has 0 aliphatic carbocycles. The molecule has 5 nitrogen and oxygen atoms in total. The van der Waals surface area contributed by atoms with Crippen LogP contribution in [0.5, 0.6) is 5.75 Å². The van der Waals surface area contributed by atoms with Gasteiger partial charge in [0.1, 0.15) is 5.75 Å². The van der Waals surface area contributed by atoms with E-state index in [0.717, 1.165) is 24.2 Å². The summed E-state index contributed by atoms with van der Waals surface area (Å²) in [6.07, 6.45) is 4.16. The molecule has 1 aliphatic rings. The Morgan fingerprint density at radius 3 is 2.81 bits per heavy atom. The molecule has 136 valence electrons. The number of halogens is 1. The number of nitrogens with one attached hydrogen (secondary N) is 1. The molecule has 0 radical (unpaired) electrons. The highest BCUT2D eigenvalue weighted by molar-refractivity contribution is 6.30. The van der Waals surface area contributed by atoms with Crippen LogP contribution in [0.25, 0.3) is 0 Å². The number of aryl methyl sites for hydroxylation is 1. The van der Waals surface area contributed by atoms with Crippen LogP contribution < -0.4 is 15.1 Å². The zero-order valence-corrected chi connectivity index (χ0v) is 15.5. The zero-order chi connectivity index (χ0) is 18.4. The average molecular weight is 372 g/mol. The second-order valence-electron chi connectivity index (χ2n) is 6.27. The third-order valence-electron chi connectivity index (χ3n) is 4.28. The Balaban J connectivity index is 1.50. The lowest BCUT2D eigenvalue weighted by Crippen LogP contribution is -2.24. The van der Waals surface area contributed by atoms with Crippen molar-refractivity contribution in [3.8, 4) is 5.75 Å². The molecule has 1 saturated heterocycles. The van der Waals surface area contributed by atoms with Gasteiger partial charge in [0.2, 0.25) is 0 Å². The number of amides is 1. The van der Waals surface area contributed by atoms with Gasteiger partial charge in [-0.1, -0.05) is 23.7 Å². The number of hydrogen-bond donors (Lipinski definition) is 1. The third kappa shape index (κ3) is 4.99. The SMILES string of the molecule is Cc1cc(N2CCCC2)ccc1/C=N/NC(=O)COc1cccc(Cl)c1. The molecule has 1 N–H and O–H groups in total. The van der Waals surface area contributed by atoms with E-state index in [9.17, 15) is 4.79 Å². The summed E-state index contributed by atoms with van der Waals surface area (Å²) in [4.78, 5) is 14.2. The van der Waals surface area contributed by atoms with E-state index in [1.807, 2.05) is 13.0 Å². The molecule has 1 heterocycles. The smallest absolute Gasteiger partial charge is 0.277 e. The first-order chi connectivity index (χ1) is 12.6. The van der Waals surface area contributed by atoms with E-state index in [1.54, 1.807) is 30.5 Å². The van der Waals surface area contributed by atoms with Crippen LogP contribution in [0, 0.1) is 6.92 Å². The highest BCUT2D eigenvalue weighted by Gasteiger charge is 2.12. The Morgan fingerprint density at radius 2 is 2.08 bits per heavy atom. The fourth-order valence-corrected chi connectivity index (χ4v) is 3.07. The van der Waals surface area contributed by atoms with Crippen molar-refractivity contribution in [1.82, 2.24) is 5.43 Å². The summed E-state index contributed by atoms with van der Waals surface area (Å²) in [5.74, 6) is 0.220. The van der Waals surface area contributed by atoms with Crippen LogP contribution in [-0.2, 0) is 4.79 Å². The maximum absolute atomic E-state index is 11.8. The topological polar surface area (TPSA) is 53.9 Å². The first-order valence-corrected chi connectivity index (χ1v) is 9.05. The van der Waals surface area contributed by atoms with Gasteiger partial charge >= 0.3 is 0 Å². The van der Waals surface area contributed by atoms with Crippen LogP contribution in [0.3, 0.4) is 0 Å². The molecule has 1 aliphatic heterocycles. The molecule has 2 aromatic rings. The molecule has 3 rings (SSSR count). The van der Waals surface area contributed by atoms with Crippen LogP contribution >= 0.6 is 11.6 Å². The van der Waals surface area contributed by atoms with Crippen molar-refractivity contribution in [1.29, 1.82) is 0 Å². The number of ether oxygens (including phenoxy) is 1. The number of rotatable bonds is 6. The van der Waals surface area contributed by atoms with Gasteiger partial charge in [0.15, 0.2) is 6.61 Å². The summed E-state index contributed by atoms with van der Waals surface area (Å²) in [5, 5.41) is 4.58. The molecular weight excluding hydrogens is 350 g/mol. The molecule has 1 amide bonds. The van der Waals surface area contributed by atoms with Crippen LogP contribution in [0.4, 0.5) is 5.69 Å². The number of nitrogens with zero attached hydrogens (tertiary/aromatic N) is 2. The summed E-state index contributed by atoms with van der Waals surface area (Å²) in [6.45, 7) is 4.17. The first kappa shape index (κ1) is 18.3. The molecule has 0 bridgehead atoms. The molecule has 1 fully saturated rings. The molecule has 0 saturated carbocycles. The van der Waals surface area contributed by atoms with Crippen molar-refractivity contribution in [3.05, 3.63) is 58.6 Å². The van der Waals surface area contributed by atoms with Crippen molar-refractivity contribution >= 4 is 29.4 Å². The highest BCUT2D eigenvalue weighted by atomic mass is 35.5. The van der Waals surface area contributed by atoms with Crippen molar-refractivity contribution in [2.45, 2.75) is 19.8 Å². The van der Waals surface area contributed by atoms with E-state index < -0.39 is 0 Å². The minimum atomic E-state index is -0.326. The van der Waals surface area contributed by atoms with Crippen molar-refractivity contribution in [3.63, 3.8) is 0 Å². The van der Waals surface area contributed by atoms with E-state index in [-0.39, 0.29) is 12.5 Å². The maximum atomic E-state index is 11.8. The number of carbonyl (C=O) groups is 1. The summed E-state index contributed by atoms with van der Waals surface area (Å²) < 4.78 is 5.37. The predicted octanol–water partition coefficient (Wildman–Crippen LogP) is 3.78. The van der Waals surface area contributed by atoms with Crippen molar-refractivity contribution in [2.75, 3.05) is 24.6 Å². The normalized spacial score (nSPS) is 14.0. The Bertz CT molecular complexity index is 801. The van der Waals surface area contributed by atoms with Crippen molar-refractivity contribution < 1.29 is 9.53 Å². The number of hydrogen-bond acceptors (Lipinski definition) is 4. The van der Waals surface area contributed by atoms with Gasteiger partial charge in [0.05, 0.1) is 6.21 Å². The Morgan fingerprint density at radius 1 is 1.27 bits per heavy atom. The standard InChI is InChI=1S/C20H22ClN3O2/c1-15-11-18(24-9-2-3-10-24)8-7-16(15)13-22-23-20(25)14-26-19-6-4-5-17(21)12-19/h4-8,11-13H,2-3,9-10,14H2,1H3,(H,23,25)/b22-13+. The fourth-order valence-electron chi connectivity index (χ4n) is 2.89. The molecule has 0 aromatic heterocycles. The van der Waals surface area contributed by atoms with Gasteiger partial charge in [0.25, 0.3) is 5.91 Å². The van der Waals surface area contributed by atoms with E-state index in [4.69, 9.17) is 16.3 Å². The van der Waals surface area contributed by atoms with E-state index in [1.165, 1.54) is 18.5 Å². The molecule has 0 atom stereocenters. The lowest BCUT2D eigenvalue weighted by Gasteiger charge is -2.18. The van der Waals surface area contributed by atoms with Gasteiger partial charge in [-0.25, -0.2) is 5.43 Å². The monoisotopic (exact) mass is 371 g/mol. The summed E-state index contributed by atoms with van der Waals surface area (Å²) >= 11 is 5.87.